The van der Waals surface area contributed by atoms with Crippen LogP contribution in [0, 0.1) is 6.92 Å². The maximum absolute atomic E-state index is 11.4. The van der Waals surface area contributed by atoms with Crippen LogP contribution >= 0.6 is 0 Å². The second-order valence-electron chi connectivity index (χ2n) is 3.37. The largest absolute Gasteiger partial charge is 0.294 e. The Kier molecular flexibility index (Phi) is 1.84. The lowest BCUT2D eigenvalue weighted by Crippen LogP contribution is -1.98. The van der Waals surface area contributed by atoms with Gasteiger partial charge in [-0.15, -0.1) is 0 Å². The number of Topliss-reactive ketones (excluding diaryl/α,β-unsaturated/α-hetero) is 1. The van der Waals surface area contributed by atoms with Crippen molar-refractivity contribution < 1.29 is 4.79 Å². The Morgan fingerprint density at radius 3 is 2.86 bits per heavy atom. The highest BCUT2D eigenvalue weighted by atomic mass is 16.1. The van der Waals surface area contributed by atoms with Crippen molar-refractivity contribution in [2.75, 3.05) is 0 Å². The van der Waals surface area contributed by atoms with Gasteiger partial charge in [-0.25, -0.2) is 4.98 Å². The number of aryl methyl sites for hydroxylation is 2. The molecule has 14 heavy (non-hydrogen) atoms. The highest BCUT2D eigenvalue weighted by molar-refractivity contribution is 6.05. The van der Waals surface area contributed by atoms with Crippen LogP contribution in [0.1, 0.15) is 23.0 Å². The molecule has 0 N–H and O–H groups in total. The van der Waals surface area contributed by atoms with Crippen molar-refractivity contribution in [2.45, 2.75) is 13.8 Å². The number of hydrogen-bond acceptors (Lipinski definition) is 3. The van der Waals surface area contributed by atoms with E-state index < -0.39 is 0 Å². The van der Waals surface area contributed by atoms with Gasteiger partial charge in [0.25, 0.3) is 0 Å². The molecule has 0 amide bonds. The normalized spacial score (nSPS) is 10.8. The number of aromatic nitrogens is 3. The maximum Gasteiger partial charge on any atom is 0.160 e. The smallest absolute Gasteiger partial charge is 0.160 e. The molecular weight excluding hydrogens is 178 g/mol. The second-order valence-corrected chi connectivity index (χ2v) is 3.37. The Morgan fingerprint density at radius 2 is 2.21 bits per heavy atom. The highest BCUT2D eigenvalue weighted by Crippen LogP contribution is 2.17. The van der Waals surface area contributed by atoms with Crippen molar-refractivity contribution in [2.24, 2.45) is 7.05 Å². The predicted molar refractivity (Wildman–Crippen MR) is 53.3 cm³/mol. The van der Waals surface area contributed by atoms with Crippen molar-refractivity contribution in [3.05, 3.63) is 23.5 Å². The summed E-state index contributed by atoms with van der Waals surface area (Å²) >= 11 is 0. The summed E-state index contributed by atoms with van der Waals surface area (Å²) in [6, 6.07) is 1.80. The lowest BCUT2D eigenvalue weighted by molar-refractivity contribution is 0.101. The first-order valence-corrected chi connectivity index (χ1v) is 4.40. The number of ketones is 1. The van der Waals surface area contributed by atoms with Gasteiger partial charge in [-0.2, -0.15) is 5.10 Å². The van der Waals surface area contributed by atoms with E-state index in [1.807, 2.05) is 14.0 Å². The Bertz CT molecular complexity index is 513. The van der Waals surface area contributed by atoms with E-state index in [4.69, 9.17) is 0 Å². The molecule has 0 radical (unpaired) electrons. The Labute approximate surface area is 81.6 Å². The average Bonchev–Trinajstić information content (AvgIpc) is 2.47. The summed E-state index contributed by atoms with van der Waals surface area (Å²) in [5.41, 5.74) is 2.29. The number of nitrogens with zero attached hydrogens (tertiary/aromatic N) is 3. The summed E-state index contributed by atoms with van der Waals surface area (Å²) < 4.78 is 1.68. The van der Waals surface area contributed by atoms with Gasteiger partial charge in [-0.3, -0.25) is 9.48 Å². The average molecular weight is 189 g/mol. The summed E-state index contributed by atoms with van der Waals surface area (Å²) in [6.07, 6.45) is 1.68. The standard InChI is InChI=1S/C10H11N3O/c1-6-4-8(7(2)14)9-5-11-13(3)10(9)12-6/h4-5H,1-3H3. The molecule has 0 fully saturated rings. The zero-order chi connectivity index (χ0) is 10.3. The van der Waals surface area contributed by atoms with E-state index in [0.717, 1.165) is 16.7 Å². The first kappa shape index (κ1) is 8.87. The Hall–Kier alpha value is -1.71. The van der Waals surface area contributed by atoms with Crippen LogP contribution in [0.2, 0.25) is 0 Å². The van der Waals surface area contributed by atoms with E-state index in [1.54, 1.807) is 23.9 Å². The topological polar surface area (TPSA) is 47.8 Å². The van der Waals surface area contributed by atoms with Crippen LogP contribution in [0.25, 0.3) is 11.0 Å². The molecule has 0 bridgehead atoms. The molecule has 72 valence electrons. The minimum absolute atomic E-state index is 0.0495. The lowest BCUT2D eigenvalue weighted by Gasteiger charge is -2.00. The van der Waals surface area contributed by atoms with Crippen LogP contribution in [0.3, 0.4) is 0 Å². The third-order valence-corrected chi connectivity index (χ3v) is 2.21. The van der Waals surface area contributed by atoms with Crippen molar-refractivity contribution in [3.8, 4) is 0 Å². The molecule has 2 aromatic heterocycles. The third-order valence-electron chi connectivity index (χ3n) is 2.21. The summed E-state index contributed by atoms with van der Waals surface area (Å²) in [5, 5.41) is 4.91. The first-order valence-electron chi connectivity index (χ1n) is 4.40. The molecule has 0 aliphatic rings. The van der Waals surface area contributed by atoms with Gasteiger partial charge in [-0.1, -0.05) is 0 Å². The number of carbonyl (C=O) groups excluding carboxylic acids is 1. The summed E-state index contributed by atoms with van der Waals surface area (Å²) in [7, 11) is 1.82. The summed E-state index contributed by atoms with van der Waals surface area (Å²) in [5.74, 6) is 0.0495. The van der Waals surface area contributed by atoms with Gasteiger partial charge in [0.15, 0.2) is 11.4 Å². The van der Waals surface area contributed by atoms with Crippen molar-refractivity contribution in [1.82, 2.24) is 14.8 Å². The molecule has 0 aromatic carbocycles. The molecule has 2 aromatic rings. The summed E-state index contributed by atoms with van der Waals surface area (Å²) in [4.78, 5) is 15.7. The molecule has 0 saturated heterocycles. The van der Waals surface area contributed by atoms with Gasteiger partial charge in [0.2, 0.25) is 0 Å². The van der Waals surface area contributed by atoms with Crippen molar-refractivity contribution in [3.63, 3.8) is 0 Å². The van der Waals surface area contributed by atoms with Gasteiger partial charge in [0.05, 0.1) is 6.20 Å². The number of fused-ring (bicyclic) bond motifs is 1. The molecule has 0 atom stereocenters. The van der Waals surface area contributed by atoms with Gasteiger partial charge in [0.1, 0.15) is 0 Å². The molecular formula is C10H11N3O. The van der Waals surface area contributed by atoms with Gasteiger partial charge in [-0.05, 0) is 19.9 Å². The third kappa shape index (κ3) is 1.19. The monoisotopic (exact) mass is 189 g/mol. The molecule has 0 aliphatic heterocycles. The number of rotatable bonds is 1. The van der Waals surface area contributed by atoms with Gasteiger partial charge >= 0.3 is 0 Å². The summed E-state index contributed by atoms with van der Waals surface area (Å²) in [6.45, 7) is 3.43. The van der Waals surface area contributed by atoms with Crippen LogP contribution in [0.15, 0.2) is 12.3 Å². The lowest BCUT2D eigenvalue weighted by atomic mass is 10.1. The molecule has 4 heteroatoms. The minimum atomic E-state index is 0.0495. The SMILES string of the molecule is CC(=O)c1cc(C)nc2c1cnn2C. The Balaban J connectivity index is 2.88. The minimum Gasteiger partial charge on any atom is -0.294 e. The quantitative estimate of drug-likeness (QED) is 0.638. The van der Waals surface area contributed by atoms with E-state index in [9.17, 15) is 4.79 Å². The van der Waals surface area contributed by atoms with E-state index in [-0.39, 0.29) is 5.78 Å². The number of carbonyl (C=O) groups is 1. The van der Waals surface area contributed by atoms with E-state index in [1.165, 1.54) is 0 Å². The zero-order valence-corrected chi connectivity index (χ0v) is 8.40. The molecule has 0 aliphatic carbocycles. The first-order chi connectivity index (χ1) is 6.59. The van der Waals surface area contributed by atoms with Crippen LogP contribution in [0.5, 0.6) is 0 Å². The van der Waals surface area contributed by atoms with Crippen LogP contribution in [0.4, 0.5) is 0 Å². The van der Waals surface area contributed by atoms with E-state index in [0.29, 0.717) is 5.56 Å². The molecule has 4 nitrogen and oxygen atoms in total. The van der Waals surface area contributed by atoms with Gasteiger partial charge < -0.3 is 0 Å². The molecule has 0 saturated carbocycles. The van der Waals surface area contributed by atoms with Crippen molar-refractivity contribution >= 4 is 16.8 Å². The van der Waals surface area contributed by atoms with E-state index in [2.05, 4.69) is 10.1 Å². The van der Waals surface area contributed by atoms with Crippen LogP contribution in [-0.2, 0) is 7.05 Å². The van der Waals surface area contributed by atoms with Gasteiger partial charge in [0, 0.05) is 23.7 Å². The Morgan fingerprint density at radius 1 is 1.50 bits per heavy atom. The highest BCUT2D eigenvalue weighted by Gasteiger charge is 2.10. The fourth-order valence-electron chi connectivity index (χ4n) is 1.53. The fourth-order valence-corrected chi connectivity index (χ4v) is 1.53. The predicted octanol–water partition coefficient (Wildman–Crippen LogP) is 1.48. The molecule has 2 heterocycles. The van der Waals surface area contributed by atoms with Crippen LogP contribution in [-0.4, -0.2) is 20.5 Å². The second kappa shape index (κ2) is 2.90. The number of hydrogen-bond donors (Lipinski definition) is 0. The van der Waals surface area contributed by atoms with Crippen molar-refractivity contribution in [1.29, 1.82) is 0 Å². The molecule has 2 rings (SSSR count). The van der Waals surface area contributed by atoms with Crippen LogP contribution < -0.4 is 0 Å². The zero-order valence-electron chi connectivity index (χ0n) is 8.40. The van der Waals surface area contributed by atoms with E-state index >= 15 is 0 Å². The number of pyridine rings is 1. The molecule has 0 spiro atoms. The fraction of sp³-hybridized carbons (Fsp3) is 0.300. The maximum atomic E-state index is 11.4. The molecule has 0 unspecified atom stereocenters.